The number of hydrogen-bond acceptors (Lipinski definition) is 3. The number of fused-ring (bicyclic) bond motifs is 3. The Morgan fingerprint density at radius 1 is 1.14 bits per heavy atom. The summed E-state index contributed by atoms with van der Waals surface area (Å²) in [6.07, 6.45) is 1.40. The Balaban J connectivity index is 1.64. The van der Waals surface area contributed by atoms with E-state index in [1.54, 1.807) is 0 Å². The molecule has 0 aliphatic carbocycles. The summed E-state index contributed by atoms with van der Waals surface area (Å²) in [5, 5.41) is 4.30. The van der Waals surface area contributed by atoms with E-state index >= 15 is 0 Å². The van der Waals surface area contributed by atoms with E-state index in [2.05, 4.69) is 26.2 Å². The second-order valence-corrected chi connectivity index (χ2v) is 8.58. The molecule has 142 valence electrons. The average molecular weight is 438 g/mol. The minimum atomic E-state index is -0.623. The number of hydrogen-bond donors (Lipinski definition) is 2. The second-order valence-electron chi connectivity index (χ2n) is 7.66. The van der Waals surface area contributed by atoms with Crippen molar-refractivity contribution in [1.82, 2.24) is 10.3 Å². The molecule has 5 nitrogen and oxygen atoms in total. The molecule has 0 saturated carbocycles. The highest BCUT2D eigenvalue weighted by molar-refractivity contribution is 9.10. The molecule has 0 atom stereocenters. The number of aromatic amines is 1. The number of anilines is 1. The van der Waals surface area contributed by atoms with Crippen molar-refractivity contribution in [2.75, 3.05) is 18.0 Å². The standard InChI is InChI=1S/C22H20BrN3O2/c1-13-3-2-4-14-11-17(25-19(13)14)20(27)26-18-6-5-15(23)12-16(18)22(21(26)28)7-9-24-10-8-22/h2-6,11-12,24-25H,7-10H2,1H3. The van der Waals surface area contributed by atoms with Crippen molar-refractivity contribution < 1.29 is 9.59 Å². The number of carbonyl (C=O) groups excluding carboxylic acids is 2. The van der Waals surface area contributed by atoms with Crippen LogP contribution in [-0.2, 0) is 10.2 Å². The van der Waals surface area contributed by atoms with Crippen LogP contribution in [0.3, 0.4) is 0 Å². The maximum Gasteiger partial charge on any atom is 0.281 e. The first-order chi connectivity index (χ1) is 13.5. The van der Waals surface area contributed by atoms with Gasteiger partial charge in [0.25, 0.3) is 5.91 Å². The lowest BCUT2D eigenvalue weighted by Gasteiger charge is -2.32. The van der Waals surface area contributed by atoms with Crippen LogP contribution < -0.4 is 10.2 Å². The molecule has 28 heavy (non-hydrogen) atoms. The summed E-state index contributed by atoms with van der Waals surface area (Å²) in [4.78, 5) is 31.7. The monoisotopic (exact) mass is 437 g/mol. The summed E-state index contributed by atoms with van der Waals surface area (Å²) in [7, 11) is 0. The lowest BCUT2D eigenvalue weighted by atomic mass is 9.74. The SMILES string of the molecule is Cc1cccc2cc(C(=O)N3C(=O)C4(CCNCC4)c4cc(Br)ccc43)[nH]c12. The maximum absolute atomic E-state index is 13.6. The van der Waals surface area contributed by atoms with Crippen LogP contribution in [0.5, 0.6) is 0 Å². The summed E-state index contributed by atoms with van der Waals surface area (Å²) in [5.74, 6) is -0.401. The van der Waals surface area contributed by atoms with Gasteiger partial charge in [0.15, 0.2) is 0 Å². The fourth-order valence-electron chi connectivity index (χ4n) is 4.61. The Bertz CT molecular complexity index is 1130. The Kier molecular flexibility index (Phi) is 3.96. The Morgan fingerprint density at radius 3 is 2.68 bits per heavy atom. The van der Waals surface area contributed by atoms with Crippen LogP contribution in [0.2, 0.25) is 0 Å². The van der Waals surface area contributed by atoms with Crippen molar-refractivity contribution in [3.8, 4) is 0 Å². The summed E-state index contributed by atoms with van der Waals surface area (Å²) in [6, 6.07) is 13.6. The number of amides is 2. The van der Waals surface area contributed by atoms with Crippen molar-refractivity contribution >= 4 is 44.3 Å². The zero-order valence-corrected chi connectivity index (χ0v) is 17.1. The average Bonchev–Trinajstić information content (AvgIpc) is 3.23. The number of carbonyl (C=O) groups is 2. The van der Waals surface area contributed by atoms with Crippen molar-refractivity contribution in [3.05, 3.63) is 63.8 Å². The van der Waals surface area contributed by atoms with Gasteiger partial charge in [0.2, 0.25) is 5.91 Å². The van der Waals surface area contributed by atoms with E-state index in [1.165, 1.54) is 4.90 Å². The molecule has 6 heteroatoms. The lowest BCUT2D eigenvalue weighted by Crippen LogP contribution is -2.48. The number of halogens is 1. The highest BCUT2D eigenvalue weighted by Gasteiger charge is 2.53. The second kappa shape index (κ2) is 6.29. The van der Waals surface area contributed by atoms with Gasteiger partial charge in [-0.3, -0.25) is 9.59 Å². The molecule has 2 N–H and O–H groups in total. The molecule has 5 rings (SSSR count). The molecule has 1 fully saturated rings. The van der Waals surface area contributed by atoms with Crippen LogP contribution in [0.4, 0.5) is 5.69 Å². The highest BCUT2D eigenvalue weighted by atomic mass is 79.9. The molecule has 0 radical (unpaired) electrons. The van der Waals surface area contributed by atoms with Gasteiger partial charge in [0, 0.05) is 15.4 Å². The Morgan fingerprint density at radius 2 is 1.93 bits per heavy atom. The normalized spacial score (nSPS) is 18.1. The number of para-hydroxylation sites is 1. The summed E-state index contributed by atoms with van der Waals surface area (Å²) < 4.78 is 0.924. The van der Waals surface area contributed by atoms with Crippen molar-refractivity contribution in [3.63, 3.8) is 0 Å². The van der Waals surface area contributed by atoms with Crippen molar-refractivity contribution in [2.45, 2.75) is 25.2 Å². The summed E-state index contributed by atoms with van der Waals surface area (Å²) in [5.41, 5.74) is 3.48. The molecule has 1 saturated heterocycles. The third kappa shape index (κ3) is 2.41. The van der Waals surface area contributed by atoms with Gasteiger partial charge in [-0.15, -0.1) is 0 Å². The van der Waals surface area contributed by atoms with Gasteiger partial charge in [-0.05, 0) is 68.2 Å². The molecule has 3 heterocycles. The molecule has 2 aliphatic heterocycles. The highest BCUT2D eigenvalue weighted by Crippen LogP contribution is 2.48. The van der Waals surface area contributed by atoms with Crippen LogP contribution in [0, 0.1) is 6.92 Å². The third-order valence-corrected chi connectivity index (χ3v) is 6.58. The van der Waals surface area contributed by atoms with Crippen LogP contribution in [-0.4, -0.2) is 29.9 Å². The summed E-state index contributed by atoms with van der Waals surface area (Å²) >= 11 is 3.53. The fourth-order valence-corrected chi connectivity index (χ4v) is 4.97. The smallest absolute Gasteiger partial charge is 0.281 e. The molecule has 0 unspecified atom stereocenters. The predicted molar refractivity (Wildman–Crippen MR) is 113 cm³/mol. The van der Waals surface area contributed by atoms with E-state index in [0.717, 1.165) is 39.6 Å². The van der Waals surface area contributed by atoms with E-state index in [0.29, 0.717) is 24.2 Å². The fraction of sp³-hybridized carbons (Fsp3) is 0.273. The number of nitrogens with zero attached hydrogens (tertiary/aromatic N) is 1. The molecular formula is C22H20BrN3O2. The van der Waals surface area contributed by atoms with E-state index in [9.17, 15) is 9.59 Å². The number of piperidine rings is 1. The van der Waals surface area contributed by atoms with Gasteiger partial charge in [-0.25, -0.2) is 4.90 Å². The largest absolute Gasteiger partial charge is 0.350 e. The molecule has 2 aliphatic rings. The predicted octanol–water partition coefficient (Wildman–Crippen LogP) is 4.05. The van der Waals surface area contributed by atoms with E-state index in [1.807, 2.05) is 49.4 Å². The van der Waals surface area contributed by atoms with Crippen molar-refractivity contribution in [1.29, 1.82) is 0 Å². The zero-order chi connectivity index (χ0) is 19.5. The van der Waals surface area contributed by atoms with E-state index < -0.39 is 5.41 Å². The molecule has 0 bridgehead atoms. The first-order valence-electron chi connectivity index (χ1n) is 9.49. The number of nitrogens with one attached hydrogen (secondary N) is 2. The van der Waals surface area contributed by atoms with Gasteiger partial charge < -0.3 is 10.3 Å². The summed E-state index contributed by atoms with van der Waals surface area (Å²) in [6.45, 7) is 3.54. The van der Waals surface area contributed by atoms with E-state index in [-0.39, 0.29) is 11.8 Å². The number of aryl methyl sites for hydroxylation is 1. The first kappa shape index (κ1) is 17.6. The Hall–Kier alpha value is -2.44. The minimum absolute atomic E-state index is 0.109. The number of benzene rings is 2. The first-order valence-corrected chi connectivity index (χ1v) is 10.3. The van der Waals surface area contributed by atoms with Gasteiger partial charge in [0.05, 0.1) is 11.1 Å². The lowest BCUT2D eigenvalue weighted by molar-refractivity contribution is -0.123. The molecular weight excluding hydrogens is 418 g/mol. The maximum atomic E-state index is 13.6. The quantitative estimate of drug-likeness (QED) is 0.564. The molecule has 2 aromatic carbocycles. The van der Waals surface area contributed by atoms with Crippen LogP contribution in [0.15, 0.2) is 46.9 Å². The van der Waals surface area contributed by atoms with Crippen LogP contribution >= 0.6 is 15.9 Å². The zero-order valence-electron chi connectivity index (χ0n) is 15.5. The number of aromatic nitrogens is 1. The number of rotatable bonds is 1. The Labute approximate surface area is 171 Å². The number of H-pyrrole nitrogens is 1. The van der Waals surface area contributed by atoms with Crippen molar-refractivity contribution in [2.24, 2.45) is 0 Å². The molecule has 1 aromatic heterocycles. The van der Waals surface area contributed by atoms with Gasteiger partial charge in [-0.2, -0.15) is 0 Å². The topological polar surface area (TPSA) is 65.2 Å². The molecule has 1 spiro atoms. The minimum Gasteiger partial charge on any atom is -0.350 e. The van der Waals surface area contributed by atoms with Crippen LogP contribution in [0.1, 0.15) is 34.5 Å². The van der Waals surface area contributed by atoms with E-state index in [4.69, 9.17) is 0 Å². The molecule has 2 amide bonds. The number of imide groups is 1. The van der Waals surface area contributed by atoms with Crippen LogP contribution in [0.25, 0.3) is 10.9 Å². The van der Waals surface area contributed by atoms with Gasteiger partial charge in [0.1, 0.15) is 5.69 Å². The van der Waals surface area contributed by atoms with Gasteiger partial charge >= 0.3 is 0 Å². The molecule has 3 aromatic rings. The van der Waals surface area contributed by atoms with Gasteiger partial charge in [-0.1, -0.05) is 34.1 Å². The third-order valence-electron chi connectivity index (χ3n) is 6.08.